The lowest BCUT2D eigenvalue weighted by molar-refractivity contribution is 0.0634. The van der Waals surface area contributed by atoms with Gasteiger partial charge in [-0.1, -0.05) is 23.7 Å². The topological polar surface area (TPSA) is 48.5 Å². The number of nitrogens with one attached hydrogen (secondary N) is 1. The molecule has 0 aliphatic carbocycles. The number of nitrogens with zero attached hydrogens (tertiary/aromatic N) is 3. The van der Waals surface area contributed by atoms with E-state index in [2.05, 4.69) is 10.3 Å². The van der Waals surface area contributed by atoms with Crippen molar-refractivity contribution in [3.05, 3.63) is 58.7 Å². The number of halogens is 1. The molecule has 24 heavy (non-hydrogen) atoms. The Morgan fingerprint density at radius 3 is 2.92 bits per heavy atom. The number of pyridine rings is 1. The first kappa shape index (κ1) is 16.7. The number of hydrogen-bond donors (Lipinski definition) is 1. The van der Waals surface area contributed by atoms with Gasteiger partial charge in [0.05, 0.1) is 6.04 Å². The Morgan fingerprint density at radius 2 is 2.17 bits per heavy atom. The number of carbonyl (C=O) groups excluding carboxylic acids is 1. The van der Waals surface area contributed by atoms with Gasteiger partial charge in [-0.2, -0.15) is 0 Å². The maximum atomic E-state index is 13.1. The van der Waals surface area contributed by atoms with Crippen molar-refractivity contribution in [2.75, 3.05) is 38.6 Å². The largest absolute Gasteiger partial charge is 0.363 e. The number of amides is 1. The predicted molar refractivity (Wildman–Crippen MR) is 96.7 cm³/mol. The fourth-order valence-electron chi connectivity index (χ4n) is 2.92. The average molecular weight is 345 g/mol. The summed E-state index contributed by atoms with van der Waals surface area (Å²) < 4.78 is 0. The van der Waals surface area contributed by atoms with Crippen molar-refractivity contribution in [2.45, 2.75) is 6.04 Å². The summed E-state index contributed by atoms with van der Waals surface area (Å²) in [6.45, 7) is 2.17. The third kappa shape index (κ3) is 3.52. The number of carbonyl (C=O) groups is 1. The highest BCUT2D eigenvalue weighted by atomic mass is 35.5. The number of hydrogen-bond acceptors (Lipinski definition) is 4. The van der Waals surface area contributed by atoms with Crippen LogP contribution in [0.25, 0.3) is 0 Å². The van der Waals surface area contributed by atoms with Crippen LogP contribution in [0.5, 0.6) is 0 Å². The third-order valence-electron chi connectivity index (χ3n) is 4.19. The first-order chi connectivity index (χ1) is 11.6. The Kier molecular flexibility index (Phi) is 5.02. The zero-order chi connectivity index (χ0) is 17.1. The van der Waals surface area contributed by atoms with Gasteiger partial charge in [-0.05, 0) is 29.8 Å². The van der Waals surface area contributed by atoms with Gasteiger partial charge in [0.25, 0.3) is 5.91 Å². The molecule has 2 aromatic rings. The van der Waals surface area contributed by atoms with Gasteiger partial charge in [-0.25, -0.2) is 4.98 Å². The van der Waals surface area contributed by atoms with Gasteiger partial charge < -0.3 is 15.1 Å². The van der Waals surface area contributed by atoms with Gasteiger partial charge in [0.15, 0.2) is 0 Å². The number of benzene rings is 1. The molecule has 0 bridgehead atoms. The van der Waals surface area contributed by atoms with Crippen molar-refractivity contribution in [1.82, 2.24) is 15.2 Å². The van der Waals surface area contributed by atoms with Crippen molar-refractivity contribution < 1.29 is 4.79 Å². The first-order valence-corrected chi connectivity index (χ1v) is 8.34. The first-order valence-electron chi connectivity index (χ1n) is 7.97. The van der Waals surface area contributed by atoms with Gasteiger partial charge in [0.1, 0.15) is 5.82 Å². The van der Waals surface area contributed by atoms with Crippen molar-refractivity contribution in [2.24, 2.45) is 0 Å². The number of anilines is 1. The van der Waals surface area contributed by atoms with Gasteiger partial charge >= 0.3 is 0 Å². The second-order valence-electron chi connectivity index (χ2n) is 6.07. The van der Waals surface area contributed by atoms with Gasteiger partial charge in [0, 0.05) is 50.5 Å². The van der Waals surface area contributed by atoms with E-state index in [-0.39, 0.29) is 11.9 Å². The SMILES string of the molecule is CN(C)c1cc(C(=O)N2CCNCC2c2cccc(Cl)c2)ccn1. The van der Waals surface area contributed by atoms with Crippen LogP contribution in [-0.2, 0) is 0 Å². The van der Waals surface area contributed by atoms with Crippen LogP contribution in [0.1, 0.15) is 22.0 Å². The van der Waals surface area contributed by atoms with Crippen LogP contribution in [0.15, 0.2) is 42.6 Å². The minimum Gasteiger partial charge on any atom is -0.363 e. The lowest BCUT2D eigenvalue weighted by Gasteiger charge is -2.36. The molecule has 0 spiro atoms. The lowest BCUT2D eigenvalue weighted by atomic mass is 10.0. The Morgan fingerprint density at radius 1 is 1.33 bits per heavy atom. The van der Waals surface area contributed by atoms with E-state index < -0.39 is 0 Å². The molecule has 1 aromatic heterocycles. The number of rotatable bonds is 3. The van der Waals surface area contributed by atoms with Crippen molar-refractivity contribution in [1.29, 1.82) is 0 Å². The van der Waals surface area contributed by atoms with E-state index in [0.29, 0.717) is 17.1 Å². The van der Waals surface area contributed by atoms with Gasteiger partial charge in [-0.3, -0.25) is 4.79 Å². The summed E-state index contributed by atoms with van der Waals surface area (Å²) in [6.07, 6.45) is 1.68. The van der Waals surface area contributed by atoms with E-state index in [1.165, 1.54) is 0 Å². The maximum Gasteiger partial charge on any atom is 0.254 e. The fraction of sp³-hybridized carbons (Fsp3) is 0.333. The van der Waals surface area contributed by atoms with Crippen LogP contribution in [0.2, 0.25) is 5.02 Å². The van der Waals surface area contributed by atoms with E-state index >= 15 is 0 Å². The lowest BCUT2D eigenvalue weighted by Crippen LogP contribution is -2.48. The molecule has 1 aliphatic rings. The van der Waals surface area contributed by atoms with Crippen LogP contribution in [0.3, 0.4) is 0 Å². The maximum absolute atomic E-state index is 13.1. The van der Waals surface area contributed by atoms with Gasteiger partial charge in [-0.15, -0.1) is 0 Å². The summed E-state index contributed by atoms with van der Waals surface area (Å²) in [7, 11) is 3.83. The molecular formula is C18H21ClN4O. The molecule has 5 nitrogen and oxygen atoms in total. The number of piperazine rings is 1. The van der Waals surface area contributed by atoms with Crippen LogP contribution in [-0.4, -0.2) is 49.5 Å². The fourth-order valence-corrected chi connectivity index (χ4v) is 3.12. The second-order valence-corrected chi connectivity index (χ2v) is 6.51. The summed E-state index contributed by atoms with van der Waals surface area (Å²) in [5.41, 5.74) is 1.70. The molecule has 2 heterocycles. The molecule has 1 unspecified atom stereocenters. The third-order valence-corrected chi connectivity index (χ3v) is 4.42. The minimum absolute atomic E-state index is 0.0203. The zero-order valence-electron chi connectivity index (χ0n) is 13.9. The Labute approximate surface area is 147 Å². The van der Waals surface area contributed by atoms with E-state index in [9.17, 15) is 4.79 Å². The highest BCUT2D eigenvalue weighted by Gasteiger charge is 2.29. The Balaban J connectivity index is 1.90. The summed E-state index contributed by atoms with van der Waals surface area (Å²) in [5.74, 6) is 0.794. The molecule has 1 aromatic carbocycles. The normalized spacial score (nSPS) is 17.6. The molecule has 1 N–H and O–H groups in total. The van der Waals surface area contributed by atoms with Crippen LogP contribution >= 0.6 is 11.6 Å². The van der Waals surface area contributed by atoms with Crippen LogP contribution < -0.4 is 10.2 Å². The molecule has 1 fully saturated rings. The molecule has 1 saturated heterocycles. The highest BCUT2D eigenvalue weighted by molar-refractivity contribution is 6.30. The highest BCUT2D eigenvalue weighted by Crippen LogP contribution is 2.26. The monoisotopic (exact) mass is 344 g/mol. The molecular weight excluding hydrogens is 324 g/mol. The van der Waals surface area contributed by atoms with Crippen LogP contribution in [0, 0.1) is 0 Å². The Bertz CT molecular complexity index is 734. The van der Waals surface area contributed by atoms with Gasteiger partial charge in [0.2, 0.25) is 0 Å². The molecule has 6 heteroatoms. The standard InChI is InChI=1S/C18H21ClN4O/c1-22(2)17-11-14(6-7-21-17)18(24)23-9-8-20-12-16(23)13-4-3-5-15(19)10-13/h3-7,10-11,16,20H,8-9,12H2,1-2H3. The number of aromatic nitrogens is 1. The van der Waals surface area contributed by atoms with E-state index in [1.807, 2.05) is 54.2 Å². The summed E-state index contributed by atoms with van der Waals surface area (Å²) >= 11 is 6.13. The zero-order valence-corrected chi connectivity index (χ0v) is 14.6. The summed E-state index contributed by atoms with van der Waals surface area (Å²) in [4.78, 5) is 21.1. The molecule has 0 saturated carbocycles. The second kappa shape index (κ2) is 7.20. The summed E-state index contributed by atoms with van der Waals surface area (Å²) in [5, 5.41) is 4.05. The Hall–Kier alpha value is -2.11. The molecule has 1 aliphatic heterocycles. The van der Waals surface area contributed by atoms with E-state index in [0.717, 1.165) is 24.5 Å². The molecule has 3 rings (SSSR count). The summed E-state index contributed by atoms with van der Waals surface area (Å²) in [6, 6.07) is 11.3. The predicted octanol–water partition coefficient (Wildman–Crippen LogP) is 2.59. The molecule has 1 atom stereocenters. The van der Waals surface area contributed by atoms with E-state index in [4.69, 9.17) is 11.6 Å². The quantitative estimate of drug-likeness (QED) is 0.929. The molecule has 126 valence electrons. The molecule has 1 amide bonds. The van der Waals surface area contributed by atoms with Crippen molar-refractivity contribution >= 4 is 23.3 Å². The smallest absolute Gasteiger partial charge is 0.254 e. The minimum atomic E-state index is -0.0269. The average Bonchev–Trinajstić information content (AvgIpc) is 2.61. The molecule has 0 radical (unpaired) electrons. The van der Waals surface area contributed by atoms with E-state index in [1.54, 1.807) is 12.3 Å². The van der Waals surface area contributed by atoms with Crippen molar-refractivity contribution in [3.63, 3.8) is 0 Å². The van der Waals surface area contributed by atoms with Crippen LogP contribution in [0.4, 0.5) is 5.82 Å². The van der Waals surface area contributed by atoms with Crippen molar-refractivity contribution in [3.8, 4) is 0 Å².